The van der Waals surface area contributed by atoms with Gasteiger partial charge in [-0.3, -0.25) is 4.79 Å². The molecule has 110 valence electrons. The van der Waals surface area contributed by atoms with Crippen LogP contribution < -0.4 is 4.74 Å². The molecule has 0 bridgehead atoms. The maximum absolute atomic E-state index is 12.4. The Hall–Kier alpha value is -2.94. The van der Waals surface area contributed by atoms with Crippen LogP contribution in [0.2, 0.25) is 0 Å². The van der Waals surface area contributed by atoms with E-state index in [1.807, 2.05) is 6.07 Å². The monoisotopic (exact) mass is 294 g/mol. The number of likely N-dealkylation sites (tertiary alicyclic amines) is 1. The van der Waals surface area contributed by atoms with Gasteiger partial charge in [-0.05, 0) is 24.3 Å². The molecule has 1 unspecified atom stereocenters. The first-order chi connectivity index (χ1) is 10.8. The quantitative estimate of drug-likeness (QED) is 0.860. The lowest BCUT2D eigenvalue weighted by Gasteiger charge is -2.17. The molecule has 22 heavy (non-hydrogen) atoms. The summed E-state index contributed by atoms with van der Waals surface area (Å²) in [7, 11) is 0. The fraction of sp³-hybridized carbons (Fsp3) is 0.250. The topological polar surface area (TPSA) is 79.1 Å². The molecule has 0 radical (unpaired) electrons. The standard InChI is InChI=1S/C16H14N4O2/c17-10-12-3-1-4-13(9-12)16(21)20-8-6-14(11-20)22-15-5-2-7-18-19-15/h1-5,7,9,14H,6,8,11H2. The molecule has 1 atom stereocenters. The first-order valence-corrected chi connectivity index (χ1v) is 7.00. The third kappa shape index (κ3) is 3.04. The van der Waals surface area contributed by atoms with Crippen molar-refractivity contribution in [1.82, 2.24) is 15.1 Å². The van der Waals surface area contributed by atoms with Gasteiger partial charge in [0.15, 0.2) is 0 Å². The fourth-order valence-electron chi connectivity index (χ4n) is 2.43. The molecule has 1 amide bonds. The summed E-state index contributed by atoms with van der Waals surface area (Å²) in [5, 5.41) is 16.6. The van der Waals surface area contributed by atoms with Gasteiger partial charge in [0.05, 0.1) is 18.2 Å². The highest BCUT2D eigenvalue weighted by Gasteiger charge is 2.28. The van der Waals surface area contributed by atoms with Crippen LogP contribution in [0, 0.1) is 11.3 Å². The molecule has 1 saturated heterocycles. The smallest absolute Gasteiger partial charge is 0.254 e. The number of carbonyl (C=O) groups is 1. The molecule has 1 aromatic carbocycles. The van der Waals surface area contributed by atoms with Crippen molar-refractivity contribution < 1.29 is 9.53 Å². The molecular weight excluding hydrogens is 280 g/mol. The molecular formula is C16H14N4O2. The summed E-state index contributed by atoms with van der Waals surface area (Å²) >= 11 is 0. The van der Waals surface area contributed by atoms with E-state index in [-0.39, 0.29) is 12.0 Å². The van der Waals surface area contributed by atoms with E-state index in [2.05, 4.69) is 10.2 Å². The fourth-order valence-corrected chi connectivity index (χ4v) is 2.43. The van der Waals surface area contributed by atoms with Crippen LogP contribution in [-0.4, -0.2) is 40.2 Å². The van der Waals surface area contributed by atoms with Crippen molar-refractivity contribution in [1.29, 1.82) is 5.26 Å². The summed E-state index contributed by atoms with van der Waals surface area (Å²) in [5.41, 5.74) is 1.01. The van der Waals surface area contributed by atoms with E-state index in [0.717, 1.165) is 6.42 Å². The largest absolute Gasteiger partial charge is 0.471 e. The highest BCUT2D eigenvalue weighted by Crippen LogP contribution is 2.18. The number of benzene rings is 1. The van der Waals surface area contributed by atoms with Gasteiger partial charge in [-0.15, -0.1) is 5.10 Å². The van der Waals surface area contributed by atoms with Crippen molar-refractivity contribution in [3.05, 3.63) is 53.7 Å². The zero-order valence-corrected chi connectivity index (χ0v) is 11.8. The van der Waals surface area contributed by atoms with E-state index >= 15 is 0 Å². The maximum Gasteiger partial charge on any atom is 0.254 e. The van der Waals surface area contributed by atoms with Crippen LogP contribution >= 0.6 is 0 Å². The van der Waals surface area contributed by atoms with Crippen molar-refractivity contribution in [3.8, 4) is 11.9 Å². The van der Waals surface area contributed by atoms with Crippen molar-refractivity contribution in [3.63, 3.8) is 0 Å². The lowest BCUT2D eigenvalue weighted by molar-refractivity contribution is 0.0771. The molecule has 1 aromatic heterocycles. The Morgan fingerprint density at radius 3 is 3.05 bits per heavy atom. The van der Waals surface area contributed by atoms with E-state index in [1.165, 1.54) is 0 Å². The van der Waals surface area contributed by atoms with Crippen molar-refractivity contribution >= 4 is 5.91 Å². The number of rotatable bonds is 3. The van der Waals surface area contributed by atoms with E-state index in [4.69, 9.17) is 10.00 Å². The summed E-state index contributed by atoms with van der Waals surface area (Å²) in [4.78, 5) is 14.2. The molecule has 0 N–H and O–H groups in total. The third-order valence-electron chi connectivity index (χ3n) is 3.51. The van der Waals surface area contributed by atoms with Gasteiger partial charge in [0.2, 0.25) is 5.88 Å². The minimum atomic E-state index is -0.0835. The predicted octanol–water partition coefficient (Wildman–Crippen LogP) is 1.64. The molecule has 0 saturated carbocycles. The zero-order chi connectivity index (χ0) is 15.4. The van der Waals surface area contributed by atoms with Crippen LogP contribution in [0.4, 0.5) is 0 Å². The van der Waals surface area contributed by atoms with Gasteiger partial charge < -0.3 is 9.64 Å². The number of carbonyl (C=O) groups excluding carboxylic acids is 1. The zero-order valence-electron chi connectivity index (χ0n) is 11.8. The van der Waals surface area contributed by atoms with Gasteiger partial charge in [-0.1, -0.05) is 6.07 Å². The molecule has 0 aliphatic carbocycles. The van der Waals surface area contributed by atoms with Gasteiger partial charge in [-0.2, -0.15) is 10.4 Å². The average Bonchev–Trinajstić information content (AvgIpc) is 3.03. The van der Waals surface area contributed by atoms with Gasteiger partial charge in [0.25, 0.3) is 5.91 Å². The molecule has 6 heteroatoms. The van der Waals surface area contributed by atoms with Gasteiger partial charge >= 0.3 is 0 Å². The van der Waals surface area contributed by atoms with Crippen molar-refractivity contribution in [2.45, 2.75) is 12.5 Å². The number of nitriles is 1. The van der Waals surface area contributed by atoms with Crippen LogP contribution in [-0.2, 0) is 0 Å². The lowest BCUT2D eigenvalue weighted by atomic mass is 10.1. The number of aromatic nitrogens is 2. The molecule has 3 rings (SSSR count). The van der Waals surface area contributed by atoms with Gasteiger partial charge in [-0.25, -0.2) is 0 Å². The number of amides is 1. The molecule has 1 aliphatic heterocycles. The predicted molar refractivity (Wildman–Crippen MR) is 78.1 cm³/mol. The van der Waals surface area contributed by atoms with Crippen LogP contribution in [0.15, 0.2) is 42.6 Å². The molecule has 1 fully saturated rings. The van der Waals surface area contributed by atoms with Crippen molar-refractivity contribution in [2.24, 2.45) is 0 Å². The van der Waals surface area contributed by atoms with Crippen LogP contribution in [0.1, 0.15) is 22.3 Å². The number of nitrogens with zero attached hydrogens (tertiary/aromatic N) is 4. The minimum Gasteiger partial charge on any atom is -0.471 e. The van der Waals surface area contributed by atoms with Crippen LogP contribution in [0.3, 0.4) is 0 Å². The first-order valence-electron chi connectivity index (χ1n) is 7.00. The summed E-state index contributed by atoms with van der Waals surface area (Å²) < 4.78 is 5.72. The summed E-state index contributed by atoms with van der Waals surface area (Å²) in [6, 6.07) is 12.3. The molecule has 0 spiro atoms. The normalized spacial score (nSPS) is 17.0. The average molecular weight is 294 g/mol. The Labute approximate surface area is 128 Å². The SMILES string of the molecule is N#Cc1cccc(C(=O)N2CCC(Oc3cccnn3)C2)c1. The van der Waals surface area contributed by atoms with E-state index < -0.39 is 0 Å². The molecule has 6 nitrogen and oxygen atoms in total. The highest BCUT2D eigenvalue weighted by atomic mass is 16.5. The first kappa shape index (κ1) is 14.0. The number of hydrogen-bond donors (Lipinski definition) is 0. The summed E-state index contributed by atoms with van der Waals surface area (Å²) in [6.45, 7) is 1.13. The molecule has 2 aromatic rings. The van der Waals surface area contributed by atoms with E-state index in [9.17, 15) is 4.79 Å². The van der Waals surface area contributed by atoms with Crippen LogP contribution in [0.25, 0.3) is 0 Å². The minimum absolute atomic E-state index is 0.0812. The Bertz CT molecular complexity index is 712. The second-order valence-electron chi connectivity index (χ2n) is 5.03. The van der Waals surface area contributed by atoms with Gasteiger partial charge in [0, 0.05) is 30.8 Å². The summed E-state index contributed by atoms with van der Waals surface area (Å²) in [5.74, 6) is 0.385. The Balaban J connectivity index is 1.64. The molecule has 2 heterocycles. The lowest BCUT2D eigenvalue weighted by Crippen LogP contribution is -2.31. The van der Waals surface area contributed by atoms with Gasteiger partial charge in [0.1, 0.15) is 6.10 Å². The maximum atomic E-state index is 12.4. The Morgan fingerprint density at radius 1 is 1.36 bits per heavy atom. The van der Waals surface area contributed by atoms with Crippen molar-refractivity contribution in [2.75, 3.05) is 13.1 Å². The second kappa shape index (κ2) is 6.22. The number of hydrogen-bond acceptors (Lipinski definition) is 5. The Morgan fingerprint density at radius 2 is 2.27 bits per heavy atom. The van der Waals surface area contributed by atoms with E-state index in [0.29, 0.717) is 30.1 Å². The second-order valence-corrected chi connectivity index (χ2v) is 5.03. The Kier molecular flexibility index (Phi) is 3.97. The van der Waals surface area contributed by atoms with E-state index in [1.54, 1.807) is 47.5 Å². The number of ether oxygens (including phenoxy) is 1. The summed E-state index contributed by atoms with van der Waals surface area (Å²) in [6.07, 6.45) is 2.25. The van der Waals surface area contributed by atoms with Crippen LogP contribution in [0.5, 0.6) is 5.88 Å². The molecule has 1 aliphatic rings. The highest BCUT2D eigenvalue weighted by molar-refractivity contribution is 5.94. The third-order valence-corrected chi connectivity index (χ3v) is 3.51.